The molecule has 4 aromatic rings. The largest absolute Gasteiger partial charge is 0.377 e. The number of rotatable bonds is 6. The van der Waals surface area contributed by atoms with E-state index in [0.717, 1.165) is 44.7 Å². The first-order valence-corrected chi connectivity index (χ1v) is 13.3. The quantitative estimate of drug-likeness (QED) is 0.405. The maximum atomic E-state index is 13.0. The van der Waals surface area contributed by atoms with Crippen LogP contribution in [0.15, 0.2) is 48.8 Å². The maximum absolute atomic E-state index is 13.0. The molecule has 2 aliphatic heterocycles. The number of carbonyl (C=O) groups excluding carboxylic acids is 1. The molecule has 2 fully saturated rings. The first-order chi connectivity index (χ1) is 19.0. The normalized spacial score (nSPS) is 20.7. The highest BCUT2D eigenvalue weighted by molar-refractivity contribution is 5.94. The third-order valence-electron chi connectivity index (χ3n) is 7.92. The Hall–Kier alpha value is -4.13. The number of hydrogen-bond donors (Lipinski definition) is 1. The Morgan fingerprint density at radius 1 is 1.21 bits per heavy atom. The van der Waals surface area contributed by atoms with E-state index in [9.17, 15) is 10.1 Å². The summed E-state index contributed by atoms with van der Waals surface area (Å²) < 4.78 is 13.0. The van der Waals surface area contributed by atoms with Gasteiger partial charge in [0.25, 0.3) is 5.91 Å². The van der Waals surface area contributed by atoms with Gasteiger partial charge in [0, 0.05) is 34.8 Å². The molecule has 196 valence electrons. The molecule has 1 atom stereocenters. The van der Waals surface area contributed by atoms with Crippen LogP contribution in [0.3, 0.4) is 0 Å². The molecule has 0 bridgehead atoms. The number of aromatic nitrogens is 4. The Kier molecular flexibility index (Phi) is 5.69. The van der Waals surface area contributed by atoms with Gasteiger partial charge in [-0.25, -0.2) is 4.98 Å². The summed E-state index contributed by atoms with van der Waals surface area (Å²) in [6, 6.07) is 14.1. The molecule has 3 aliphatic rings. The van der Waals surface area contributed by atoms with E-state index in [-0.39, 0.29) is 12.5 Å². The first-order valence-electron chi connectivity index (χ1n) is 13.3. The second kappa shape index (κ2) is 9.26. The van der Waals surface area contributed by atoms with Crippen molar-refractivity contribution in [1.82, 2.24) is 25.1 Å². The molecule has 9 nitrogen and oxygen atoms in total. The van der Waals surface area contributed by atoms with Crippen LogP contribution in [-0.4, -0.2) is 45.5 Å². The minimum atomic E-state index is -0.769. The van der Waals surface area contributed by atoms with E-state index in [2.05, 4.69) is 22.6 Å². The molecule has 1 amide bonds. The molecule has 1 saturated carbocycles. The van der Waals surface area contributed by atoms with Crippen LogP contribution in [0.4, 0.5) is 0 Å². The van der Waals surface area contributed by atoms with Crippen molar-refractivity contribution in [1.29, 1.82) is 5.26 Å². The molecule has 1 N–H and O–H groups in total. The number of benzene rings is 1. The van der Waals surface area contributed by atoms with Crippen molar-refractivity contribution in [2.75, 3.05) is 19.8 Å². The number of nitriles is 1. The summed E-state index contributed by atoms with van der Waals surface area (Å²) in [6.45, 7) is 4.28. The van der Waals surface area contributed by atoms with Crippen molar-refractivity contribution in [2.45, 2.75) is 50.3 Å². The van der Waals surface area contributed by atoms with E-state index in [0.29, 0.717) is 44.0 Å². The lowest BCUT2D eigenvalue weighted by molar-refractivity contribution is -0.0287. The Morgan fingerprint density at radius 3 is 2.85 bits per heavy atom. The smallest absolute Gasteiger partial charge is 0.251 e. The van der Waals surface area contributed by atoms with Crippen LogP contribution < -0.4 is 5.32 Å². The van der Waals surface area contributed by atoms with Crippen LogP contribution in [0, 0.1) is 11.3 Å². The second-order valence-electron chi connectivity index (χ2n) is 10.9. The van der Waals surface area contributed by atoms with Crippen molar-refractivity contribution >= 4 is 16.8 Å². The minimum Gasteiger partial charge on any atom is -0.377 e. The zero-order chi connectivity index (χ0) is 26.6. The van der Waals surface area contributed by atoms with Crippen molar-refractivity contribution in [3.05, 3.63) is 76.9 Å². The zero-order valence-electron chi connectivity index (χ0n) is 21.7. The number of carbonyl (C=O) groups is 1. The number of nitrogens with one attached hydrogen (secondary N) is 1. The maximum Gasteiger partial charge on any atom is 0.251 e. The lowest BCUT2D eigenvalue weighted by Gasteiger charge is -2.30. The Bertz CT molecular complexity index is 1650. The molecular weight excluding hydrogens is 492 g/mol. The van der Waals surface area contributed by atoms with Crippen LogP contribution in [0.25, 0.3) is 22.2 Å². The number of nitrogens with zero attached hydrogens (tertiary/aromatic N) is 5. The van der Waals surface area contributed by atoms with Gasteiger partial charge in [0.1, 0.15) is 5.41 Å². The van der Waals surface area contributed by atoms with E-state index in [1.54, 1.807) is 12.3 Å². The number of fused-ring (bicyclic) bond motifs is 2. The summed E-state index contributed by atoms with van der Waals surface area (Å²) in [6.07, 6.45) is 6.24. The minimum absolute atomic E-state index is 0.213. The van der Waals surface area contributed by atoms with Crippen LogP contribution in [-0.2, 0) is 28.0 Å². The number of pyridine rings is 2. The van der Waals surface area contributed by atoms with Gasteiger partial charge >= 0.3 is 0 Å². The molecule has 39 heavy (non-hydrogen) atoms. The summed E-state index contributed by atoms with van der Waals surface area (Å²) in [4.78, 5) is 22.5. The van der Waals surface area contributed by atoms with Crippen LogP contribution >= 0.6 is 0 Å². The highest BCUT2D eigenvalue weighted by Gasteiger charge is 2.34. The van der Waals surface area contributed by atoms with E-state index in [1.165, 1.54) is 12.8 Å². The van der Waals surface area contributed by atoms with Crippen LogP contribution in [0.5, 0.6) is 0 Å². The van der Waals surface area contributed by atoms with Gasteiger partial charge in [-0.05, 0) is 61.2 Å². The fourth-order valence-corrected chi connectivity index (χ4v) is 5.29. The fraction of sp³-hybridized carbons (Fsp3) is 0.367. The Balaban J connectivity index is 1.12. The third-order valence-corrected chi connectivity index (χ3v) is 7.92. The SMILES string of the molecule is C[C@@]1(C#N)COCc2ccc(C(=O)NCc3cc4nc(-c5cn(C6COC6)nc5C5CC5)ccc4cn3)cc21. The van der Waals surface area contributed by atoms with Crippen LogP contribution in [0.1, 0.15) is 64.6 Å². The molecule has 7 rings (SSSR count). The lowest BCUT2D eigenvalue weighted by atomic mass is 9.79. The summed E-state index contributed by atoms with van der Waals surface area (Å²) in [5.74, 6) is 0.291. The van der Waals surface area contributed by atoms with E-state index in [1.807, 2.05) is 41.9 Å². The van der Waals surface area contributed by atoms with Gasteiger partial charge in [0.2, 0.25) is 0 Å². The second-order valence-corrected chi connectivity index (χ2v) is 10.9. The molecule has 1 aliphatic carbocycles. The van der Waals surface area contributed by atoms with Gasteiger partial charge in [-0.15, -0.1) is 0 Å². The van der Waals surface area contributed by atoms with Gasteiger partial charge < -0.3 is 14.8 Å². The van der Waals surface area contributed by atoms with Crippen molar-refractivity contribution in [3.63, 3.8) is 0 Å². The highest BCUT2D eigenvalue weighted by atomic mass is 16.5. The van der Waals surface area contributed by atoms with Gasteiger partial charge in [-0.1, -0.05) is 6.07 Å². The highest BCUT2D eigenvalue weighted by Crippen LogP contribution is 2.44. The fourth-order valence-electron chi connectivity index (χ4n) is 5.29. The summed E-state index contributed by atoms with van der Waals surface area (Å²) in [5.41, 5.74) is 6.19. The predicted octanol–water partition coefficient (Wildman–Crippen LogP) is 4.18. The zero-order valence-corrected chi connectivity index (χ0v) is 21.7. The number of ether oxygens (including phenoxy) is 2. The molecule has 3 aromatic heterocycles. The van der Waals surface area contributed by atoms with Gasteiger partial charge in [-0.2, -0.15) is 10.4 Å². The van der Waals surface area contributed by atoms with E-state index >= 15 is 0 Å². The predicted molar refractivity (Wildman–Crippen MR) is 143 cm³/mol. The Morgan fingerprint density at radius 2 is 2.08 bits per heavy atom. The van der Waals surface area contributed by atoms with Crippen molar-refractivity contribution in [2.24, 2.45) is 0 Å². The summed E-state index contributed by atoms with van der Waals surface area (Å²) in [5, 5.41) is 18.5. The van der Waals surface area contributed by atoms with E-state index in [4.69, 9.17) is 19.6 Å². The number of amides is 1. The first kappa shape index (κ1) is 23.9. The topological polar surface area (TPSA) is 115 Å². The van der Waals surface area contributed by atoms with E-state index < -0.39 is 5.41 Å². The third kappa shape index (κ3) is 4.36. The molecule has 0 radical (unpaired) electrons. The molecule has 0 spiro atoms. The van der Waals surface area contributed by atoms with Crippen molar-refractivity contribution in [3.8, 4) is 17.3 Å². The molecule has 5 heterocycles. The average molecular weight is 521 g/mol. The Labute approximate surface area is 225 Å². The van der Waals surface area contributed by atoms with Gasteiger partial charge in [0.15, 0.2) is 0 Å². The standard InChI is InChI=1S/C30H28N6O3/c1-30(16-31)17-39-13-21-5-4-19(8-25(21)30)29(37)33-11-22-9-27-20(10-32-22)6-7-26(34-27)24-12-36(23-14-38-15-23)35-28(24)18-2-3-18/h4-10,12,18,23H,2-3,11,13-15,17H2,1H3,(H,33,37)/t30-/m1/s1. The number of hydrogen-bond acceptors (Lipinski definition) is 7. The average Bonchev–Trinajstić information content (AvgIpc) is 3.69. The summed E-state index contributed by atoms with van der Waals surface area (Å²) in [7, 11) is 0. The van der Waals surface area contributed by atoms with Gasteiger partial charge in [-0.3, -0.25) is 14.5 Å². The monoisotopic (exact) mass is 520 g/mol. The molecular formula is C30H28N6O3. The molecule has 1 aromatic carbocycles. The van der Waals surface area contributed by atoms with Crippen molar-refractivity contribution < 1.29 is 14.3 Å². The lowest BCUT2D eigenvalue weighted by Crippen LogP contribution is -2.33. The summed E-state index contributed by atoms with van der Waals surface area (Å²) >= 11 is 0. The van der Waals surface area contributed by atoms with Crippen LogP contribution in [0.2, 0.25) is 0 Å². The molecule has 1 saturated heterocycles. The molecule has 0 unspecified atom stereocenters. The van der Waals surface area contributed by atoms with Gasteiger partial charge in [0.05, 0.1) is 67.7 Å². The molecule has 9 heteroatoms.